The zero-order valence-electron chi connectivity index (χ0n) is 15.9. The van der Waals surface area contributed by atoms with Gasteiger partial charge in [0.1, 0.15) is 11.6 Å². The van der Waals surface area contributed by atoms with E-state index in [1.165, 1.54) is 24.3 Å². The van der Waals surface area contributed by atoms with Crippen molar-refractivity contribution in [1.82, 2.24) is 15.1 Å². The van der Waals surface area contributed by atoms with Gasteiger partial charge in [-0.2, -0.15) is 0 Å². The quantitative estimate of drug-likeness (QED) is 0.825. The van der Waals surface area contributed by atoms with Crippen LogP contribution in [0.5, 0.6) is 5.75 Å². The summed E-state index contributed by atoms with van der Waals surface area (Å²) in [4.78, 5) is 28.5. The summed E-state index contributed by atoms with van der Waals surface area (Å²) in [6.45, 7) is 3.44. The van der Waals surface area contributed by atoms with E-state index in [9.17, 15) is 14.0 Å². The van der Waals surface area contributed by atoms with Crippen molar-refractivity contribution in [2.75, 3.05) is 39.8 Å². The summed E-state index contributed by atoms with van der Waals surface area (Å²) in [5.41, 5.74) is 1.55. The van der Waals surface area contributed by atoms with E-state index in [2.05, 4.69) is 17.3 Å². The average Bonchev–Trinajstić information content (AvgIpc) is 2.72. The summed E-state index contributed by atoms with van der Waals surface area (Å²) >= 11 is 0. The van der Waals surface area contributed by atoms with Crippen LogP contribution in [0.2, 0.25) is 0 Å². The third-order valence-electron chi connectivity index (χ3n) is 4.66. The first-order valence-corrected chi connectivity index (χ1v) is 9.23. The highest BCUT2D eigenvalue weighted by Gasteiger charge is 2.20. The molecule has 28 heavy (non-hydrogen) atoms. The molecule has 1 N–H and O–H groups in total. The largest absolute Gasteiger partial charge is 0.484 e. The van der Waals surface area contributed by atoms with E-state index >= 15 is 0 Å². The second-order valence-corrected chi connectivity index (χ2v) is 6.81. The molecule has 1 heterocycles. The number of ether oxygens (including phenoxy) is 1. The molecule has 1 aliphatic heterocycles. The summed E-state index contributed by atoms with van der Waals surface area (Å²) in [5.74, 6) is -0.159. The highest BCUT2D eigenvalue weighted by atomic mass is 19.1. The number of nitrogens with zero attached hydrogens (tertiary/aromatic N) is 2. The Morgan fingerprint density at radius 2 is 1.64 bits per heavy atom. The number of rotatable bonds is 6. The van der Waals surface area contributed by atoms with Crippen LogP contribution in [0.3, 0.4) is 0 Å². The van der Waals surface area contributed by atoms with Crippen LogP contribution in [-0.4, -0.2) is 61.4 Å². The molecule has 0 bridgehead atoms. The van der Waals surface area contributed by atoms with Crippen LogP contribution in [0, 0.1) is 5.82 Å². The normalized spacial score (nSPS) is 14.6. The fraction of sp³-hybridized carbons (Fsp3) is 0.333. The van der Waals surface area contributed by atoms with Gasteiger partial charge in [-0.3, -0.25) is 9.59 Å². The van der Waals surface area contributed by atoms with Gasteiger partial charge in [-0.15, -0.1) is 0 Å². The lowest BCUT2D eigenvalue weighted by Gasteiger charge is -2.32. The van der Waals surface area contributed by atoms with E-state index in [0.717, 1.165) is 31.7 Å². The number of amides is 2. The summed E-state index contributed by atoms with van der Waals surface area (Å²) in [6, 6.07) is 12.7. The Bertz CT molecular complexity index is 801. The number of hydrogen-bond acceptors (Lipinski definition) is 4. The minimum Gasteiger partial charge on any atom is -0.484 e. The van der Waals surface area contributed by atoms with Gasteiger partial charge >= 0.3 is 0 Å². The van der Waals surface area contributed by atoms with E-state index in [1.54, 1.807) is 12.1 Å². The van der Waals surface area contributed by atoms with Crippen LogP contribution >= 0.6 is 0 Å². The maximum Gasteiger partial charge on any atom is 0.258 e. The molecule has 1 aliphatic rings. The Morgan fingerprint density at radius 3 is 2.29 bits per heavy atom. The maximum atomic E-state index is 12.8. The molecule has 0 atom stereocenters. The first kappa shape index (κ1) is 19.8. The summed E-state index contributed by atoms with van der Waals surface area (Å²) in [5, 5.41) is 2.76. The number of carbonyl (C=O) groups is 2. The van der Waals surface area contributed by atoms with Crippen molar-refractivity contribution in [2.45, 2.75) is 6.54 Å². The molecule has 0 unspecified atom stereocenters. The third kappa shape index (κ3) is 5.53. The Hall–Kier alpha value is -2.93. The molecule has 1 saturated heterocycles. The third-order valence-corrected chi connectivity index (χ3v) is 4.66. The number of nitrogens with one attached hydrogen (secondary N) is 1. The minimum absolute atomic E-state index is 0.0383. The molecule has 6 nitrogen and oxygen atoms in total. The first-order valence-electron chi connectivity index (χ1n) is 9.23. The number of halogens is 1. The minimum atomic E-state index is -0.355. The second-order valence-electron chi connectivity index (χ2n) is 6.81. The summed E-state index contributed by atoms with van der Waals surface area (Å²) < 4.78 is 18.1. The van der Waals surface area contributed by atoms with Gasteiger partial charge in [0, 0.05) is 38.3 Å². The molecule has 2 aromatic rings. The molecular weight excluding hydrogens is 361 g/mol. The average molecular weight is 385 g/mol. The molecule has 1 fully saturated rings. The Kier molecular flexibility index (Phi) is 6.60. The SMILES string of the molecule is CN1CCN(C(=O)c2ccc(CNC(=O)COc3ccc(F)cc3)cc2)CC1. The second kappa shape index (κ2) is 9.32. The monoisotopic (exact) mass is 385 g/mol. The molecule has 0 aromatic heterocycles. The van der Waals surface area contributed by atoms with Crippen molar-refractivity contribution in [3.63, 3.8) is 0 Å². The predicted octanol–water partition coefficient (Wildman–Crippen LogP) is 1.91. The molecule has 0 spiro atoms. The number of benzene rings is 2. The molecule has 0 saturated carbocycles. The number of carbonyl (C=O) groups excluding carboxylic acids is 2. The summed E-state index contributed by atoms with van der Waals surface area (Å²) in [7, 11) is 2.05. The molecule has 7 heteroatoms. The molecule has 2 aromatic carbocycles. The molecule has 2 amide bonds. The Balaban J connectivity index is 1.44. The molecule has 0 aliphatic carbocycles. The first-order chi connectivity index (χ1) is 13.5. The van der Waals surface area contributed by atoms with E-state index in [-0.39, 0.29) is 24.2 Å². The van der Waals surface area contributed by atoms with Gasteiger partial charge < -0.3 is 19.9 Å². The maximum absolute atomic E-state index is 12.8. The van der Waals surface area contributed by atoms with Gasteiger partial charge in [-0.05, 0) is 49.0 Å². The highest BCUT2D eigenvalue weighted by molar-refractivity contribution is 5.94. The van der Waals surface area contributed by atoms with Gasteiger partial charge in [0.05, 0.1) is 0 Å². The van der Waals surface area contributed by atoms with Gasteiger partial charge in [0.2, 0.25) is 0 Å². The lowest BCUT2D eigenvalue weighted by Crippen LogP contribution is -2.47. The Morgan fingerprint density at radius 1 is 1.00 bits per heavy atom. The van der Waals surface area contributed by atoms with Gasteiger partial charge in [0.15, 0.2) is 6.61 Å². The van der Waals surface area contributed by atoms with Crippen LogP contribution < -0.4 is 10.1 Å². The van der Waals surface area contributed by atoms with Crippen molar-refractivity contribution in [3.8, 4) is 5.75 Å². The standard InChI is InChI=1S/C21H24FN3O3/c1-24-10-12-25(13-11-24)21(27)17-4-2-16(3-5-17)14-23-20(26)15-28-19-8-6-18(22)7-9-19/h2-9H,10-15H2,1H3,(H,23,26). The Labute approximate surface area is 163 Å². The zero-order chi connectivity index (χ0) is 19.9. The number of likely N-dealkylation sites (N-methyl/N-ethyl adjacent to an activating group) is 1. The molecule has 0 radical (unpaired) electrons. The zero-order valence-corrected chi connectivity index (χ0v) is 15.9. The van der Waals surface area contributed by atoms with E-state index < -0.39 is 0 Å². The van der Waals surface area contributed by atoms with Crippen molar-refractivity contribution in [1.29, 1.82) is 0 Å². The fourth-order valence-electron chi connectivity index (χ4n) is 2.89. The van der Waals surface area contributed by atoms with Crippen LogP contribution in [-0.2, 0) is 11.3 Å². The van der Waals surface area contributed by atoms with Crippen molar-refractivity contribution in [2.24, 2.45) is 0 Å². The lowest BCUT2D eigenvalue weighted by atomic mass is 10.1. The highest BCUT2D eigenvalue weighted by Crippen LogP contribution is 2.11. The predicted molar refractivity (Wildman–Crippen MR) is 104 cm³/mol. The van der Waals surface area contributed by atoms with Gasteiger partial charge in [-0.1, -0.05) is 12.1 Å². The van der Waals surface area contributed by atoms with E-state index in [4.69, 9.17) is 4.74 Å². The van der Waals surface area contributed by atoms with Gasteiger partial charge in [0.25, 0.3) is 11.8 Å². The van der Waals surface area contributed by atoms with Gasteiger partial charge in [-0.25, -0.2) is 4.39 Å². The smallest absolute Gasteiger partial charge is 0.258 e. The fourth-order valence-corrected chi connectivity index (χ4v) is 2.89. The van der Waals surface area contributed by atoms with Crippen molar-refractivity contribution in [3.05, 3.63) is 65.5 Å². The number of hydrogen-bond donors (Lipinski definition) is 1. The topological polar surface area (TPSA) is 61.9 Å². The molecule has 3 rings (SSSR count). The van der Waals surface area contributed by atoms with Crippen LogP contribution in [0.4, 0.5) is 4.39 Å². The van der Waals surface area contributed by atoms with Crippen molar-refractivity contribution >= 4 is 11.8 Å². The van der Waals surface area contributed by atoms with Crippen LogP contribution in [0.15, 0.2) is 48.5 Å². The lowest BCUT2D eigenvalue weighted by molar-refractivity contribution is -0.123. The van der Waals surface area contributed by atoms with Crippen LogP contribution in [0.1, 0.15) is 15.9 Å². The molecule has 148 valence electrons. The van der Waals surface area contributed by atoms with Crippen molar-refractivity contribution < 1.29 is 18.7 Å². The number of piperazine rings is 1. The van der Waals surface area contributed by atoms with Crippen LogP contribution in [0.25, 0.3) is 0 Å². The van der Waals surface area contributed by atoms with E-state index in [1.807, 2.05) is 17.0 Å². The molecular formula is C21H24FN3O3. The summed E-state index contributed by atoms with van der Waals surface area (Å²) in [6.07, 6.45) is 0. The van der Waals surface area contributed by atoms with E-state index in [0.29, 0.717) is 17.9 Å².